The second-order valence-electron chi connectivity index (χ2n) is 6.62. The van der Waals surface area contributed by atoms with E-state index in [9.17, 15) is 4.79 Å². The second kappa shape index (κ2) is 11.3. The lowest BCUT2D eigenvalue weighted by Gasteiger charge is -2.28. The number of morpholine rings is 1. The van der Waals surface area contributed by atoms with Crippen LogP contribution in [-0.2, 0) is 9.53 Å². The number of amides is 1. The largest absolute Gasteiger partial charge is 0.379 e. The van der Waals surface area contributed by atoms with E-state index in [1.807, 2.05) is 34.6 Å². The van der Waals surface area contributed by atoms with Gasteiger partial charge in [-0.15, -0.1) is 35.5 Å². The van der Waals surface area contributed by atoms with Crippen LogP contribution in [0.15, 0.2) is 46.7 Å². The number of hydrogen-bond donors (Lipinski definition) is 0. The van der Waals surface area contributed by atoms with E-state index in [2.05, 4.69) is 23.3 Å². The average Bonchev–Trinajstić information content (AvgIpc) is 3.42. The minimum absolute atomic E-state index is 0. The summed E-state index contributed by atoms with van der Waals surface area (Å²) in [4.78, 5) is 24.3. The van der Waals surface area contributed by atoms with Crippen molar-refractivity contribution in [1.29, 1.82) is 0 Å². The Kier molecular flexibility index (Phi) is 8.73. The van der Waals surface area contributed by atoms with Crippen molar-refractivity contribution in [3.63, 3.8) is 0 Å². The van der Waals surface area contributed by atoms with Crippen molar-refractivity contribution in [2.75, 3.05) is 50.5 Å². The lowest BCUT2D eigenvalue weighted by Crippen LogP contribution is -2.42. The molecule has 0 spiro atoms. The molecule has 160 valence electrons. The molecular weight excluding hydrogens is 458 g/mol. The van der Waals surface area contributed by atoms with Gasteiger partial charge in [0.05, 0.1) is 23.4 Å². The molecule has 1 aliphatic rings. The molecule has 0 unspecified atom stereocenters. The van der Waals surface area contributed by atoms with E-state index in [1.165, 1.54) is 4.90 Å². The van der Waals surface area contributed by atoms with Crippen LogP contribution < -0.4 is 4.90 Å². The van der Waals surface area contributed by atoms with Gasteiger partial charge in [0, 0.05) is 42.0 Å². The molecule has 2 aromatic heterocycles. The minimum atomic E-state index is -0.0317. The number of ether oxygens (including phenoxy) is 1. The summed E-state index contributed by atoms with van der Waals surface area (Å²) >= 11 is 4.91. The topological polar surface area (TPSA) is 45.7 Å². The van der Waals surface area contributed by atoms with Crippen LogP contribution in [0.2, 0.25) is 0 Å². The number of thiophene rings is 1. The maximum Gasteiger partial charge on any atom is 0.252 e. The number of thioether (sulfide) groups is 1. The highest BCUT2D eigenvalue weighted by Crippen LogP contribution is 2.32. The molecule has 30 heavy (non-hydrogen) atoms. The number of carbonyl (C=O) groups is 1. The molecule has 0 bridgehead atoms. The fourth-order valence-corrected chi connectivity index (χ4v) is 5.30. The quantitative estimate of drug-likeness (QED) is 0.355. The lowest BCUT2D eigenvalue weighted by atomic mass is 10.3. The summed E-state index contributed by atoms with van der Waals surface area (Å²) in [5.41, 5.74) is 0.939. The third kappa shape index (κ3) is 5.84. The zero-order chi connectivity index (χ0) is 20.1. The van der Waals surface area contributed by atoms with Crippen LogP contribution in [0.5, 0.6) is 0 Å². The van der Waals surface area contributed by atoms with Crippen molar-refractivity contribution in [3.05, 3.63) is 46.7 Å². The molecule has 3 aromatic rings. The van der Waals surface area contributed by atoms with Crippen molar-refractivity contribution in [1.82, 2.24) is 9.88 Å². The molecule has 3 heterocycles. The number of fused-ring (bicyclic) bond motifs is 1. The van der Waals surface area contributed by atoms with Gasteiger partial charge >= 0.3 is 0 Å². The Morgan fingerprint density at radius 3 is 2.90 bits per heavy atom. The number of carbonyl (C=O) groups excluding carboxylic acids is 1. The van der Waals surface area contributed by atoms with Crippen molar-refractivity contribution in [2.45, 2.75) is 4.90 Å². The maximum atomic E-state index is 13.1. The molecule has 0 atom stereocenters. The van der Waals surface area contributed by atoms with Gasteiger partial charge in [-0.05, 0) is 42.0 Å². The first-order valence-corrected chi connectivity index (χ1v) is 12.4. The molecule has 0 N–H and O–H groups in total. The fraction of sp³-hybridized carbons (Fsp3) is 0.333. The van der Waals surface area contributed by atoms with Gasteiger partial charge < -0.3 is 4.74 Å². The third-order valence-electron chi connectivity index (χ3n) is 4.76. The zero-order valence-electron chi connectivity index (χ0n) is 16.7. The molecule has 1 amide bonds. The highest BCUT2D eigenvalue weighted by atomic mass is 35.5. The van der Waals surface area contributed by atoms with Gasteiger partial charge in [-0.2, -0.15) is 0 Å². The summed E-state index contributed by atoms with van der Waals surface area (Å²) in [6.45, 7) is 4.75. The van der Waals surface area contributed by atoms with Gasteiger partial charge in [0.15, 0.2) is 5.13 Å². The number of benzene rings is 1. The highest BCUT2D eigenvalue weighted by Gasteiger charge is 2.20. The monoisotopic (exact) mass is 481 g/mol. The van der Waals surface area contributed by atoms with E-state index in [-0.39, 0.29) is 18.3 Å². The van der Waals surface area contributed by atoms with E-state index in [4.69, 9.17) is 9.72 Å². The van der Waals surface area contributed by atoms with Crippen molar-refractivity contribution in [2.24, 2.45) is 0 Å². The Labute approximate surface area is 195 Å². The van der Waals surface area contributed by atoms with Crippen LogP contribution in [0.1, 0.15) is 4.88 Å². The molecule has 0 radical (unpaired) electrons. The second-order valence-corrected chi connectivity index (χ2v) is 9.49. The number of nitrogens with zero attached hydrogens (tertiary/aromatic N) is 3. The fourth-order valence-electron chi connectivity index (χ4n) is 3.13. The average molecular weight is 482 g/mol. The van der Waals surface area contributed by atoms with Crippen molar-refractivity contribution in [3.8, 4) is 0 Å². The molecule has 4 rings (SSSR count). The van der Waals surface area contributed by atoms with Crippen LogP contribution in [0.3, 0.4) is 0 Å². The van der Waals surface area contributed by atoms with E-state index in [1.54, 1.807) is 40.5 Å². The maximum absolute atomic E-state index is 13.1. The summed E-state index contributed by atoms with van der Waals surface area (Å²) in [7, 11) is 0. The van der Waals surface area contributed by atoms with Gasteiger partial charge in [-0.1, -0.05) is 17.4 Å². The van der Waals surface area contributed by atoms with Gasteiger partial charge in [-0.3, -0.25) is 14.6 Å². The first-order valence-electron chi connectivity index (χ1n) is 9.51. The normalized spacial score (nSPS) is 14.8. The molecule has 0 saturated carbocycles. The molecular formula is C21H24ClN3O2S3. The molecule has 9 heteroatoms. The van der Waals surface area contributed by atoms with Crippen LogP contribution in [0.25, 0.3) is 16.3 Å². The Bertz CT molecular complexity index is 985. The summed E-state index contributed by atoms with van der Waals surface area (Å²) < 4.78 is 6.55. The van der Waals surface area contributed by atoms with Crippen LogP contribution in [0.4, 0.5) is 5.13 Å². The Hall–Kier alpha value is -1.42. The number of aromatic nitrogens is 1. The number of hydrogen-bond acceptors (Lipinski definition) is 7. The third-order valence-corrected chi connectivity index (χ3v) is 7.36. The van der Waals surface area contributed by atoms with Crippen molar-refractivity contribution >= 4 is 74.2 Å². The summed E-state index contributed by atoms with van der Waals surface area (Å²) in [5.74, 6) is -0.0317. The highest BCUT2D eigenvalue weighted by molar-refractivity contribution is 7.98. The Morgan fingerprint density at radius 2 is 2.17 bits per heavy atom. The molecule has 1 saturated heterocycles. The molecule has 1 aliphatic heterocycles. The van der Waals surface area contributed by atoms with E-state index < -0.39 is 0 Å². The smallest absolute Gasteiger partial charge is 0.252 e. The molecule has 5 nitrogen and oxygen atoms in total. The predicted molar refractivity (Wildman–Crippen MR) is 132 cm³/mol. The molecule has 1 fully saturated rings. The first kappa shape index (κ1) is 23.2. The van der Waals surface area contributed by atoms with Gasteiger partial charge in [-0.25, -0.2) is 4.98 Å². The predicted octanol–water partition coefficient (Wildman–Crippen LogP) is 4.88. The number of halogens is 1. The minimum Gasteiger partial charge on any atom is -0.379 e. The summed E-state index contributed by atoms with van der Waals surface area (Å²) in [5, 5.41) is 2.77. The standard InChI is InChI=1S/C21H23N3O2S3.ClH/c1-27-17-4-6-18-19(15-17)29-21(22-18)24(9-8-23-10-12-26-13-11-23)20(25)7-5-16-3-2-14-28-16;/h2-7,14-15H,8-13H2,1H3;1H. The SMILES string of the molecule is CSc1ccc2nc(N(CCN3CCOCC3)C(=O)C=Cc3cccs3)sc2c1.Cl. The van der Waals surface area contributed by atoms with Crippen LogP contribution in [0, 0.1) is 0 Å². The van der Waals surface area contributed by atoms with Crippen LogP contribution >= 0.6 is 46.8 Å². The van der Waals surface area contributed by atoms with Crippen LogP contribution in [-0.4, -0.2) is 61.4 Å². The molecule has 1 aromatic carbocycles. The Balaban J connectivity index is 0.00000256. The lowest BCUT2D eigenvalue weighted by molar-refractivity contribution is -0.114. The van der Waals surface area contributed by atoms with Gasteiger partial charge in [0.25, 0.3) is 5.91 Å². The molecule has 0 aliphatic carbocycles. The number of thiazole rings is 1. The van der Waals surface area contributed by atoms with Gasteiger partial charge in [0.1, 0.15) is 0 Å². The summed E-state index contributed by atoms with van der Waals surface area (Å²) in [6.07, 6.45) is 5.61. The first-order chi connectivity index (χ1) is 14.2. The number of anilines is 1. The van der Waals surface area contributed by atoms with E-state index in [0.717, 1.165) is 53.1 Å². The van der Waals surface area contributed by atoms with Gasteiger partial charge in [0.2, 0.25) is 0 Å². The van der Waals surface area contributed by atoms with E-state index in [0.29, 0.717) is 6.54 Å². The Morgan fingerprint density at radius 1 is 1.33 bits per heavy atom. The van der Waals surface area contributed by atoms with E-state index >= 15 is 0 Å². The zero-order valence-corrected chi connectivity index (χ0v) is 19.9. The summed E-state index contributed by atoms with van der Waals surface area (Å²) in [6, 6.07) is 10.3. The number of rotatable bonds is 7. The van der Waals surface area contributed by atoms with Crippen molar-refractivity contribution < 1.29 is 9.53 Å².